The Kier molecular flexibility index (Phi) is 8.02. The standard InChI is InChI=1S/C21H25FN2O7S/c1-28-11-12-31-20-5-3-15(13-18(20)22)23-21(25)17-14-16(4-6-19(17)29-2)32(26,27)24-7-9-30-10-8-24/h3-6,13-14H,7-12H2,1-2H3,(H,23,25). The van der Waals surface area contributed by atoms with Crippen molar-refractivity contribution in [2.75, 3.05) is 59.1 Å². The van der Waals surface area contributed by atoms with Crippen LogP contribution >= 0.6 is 0 Å². The van der Waals surface area contributed by atoms with Crippen molar-refractivity contribution in [1.29, 1.82) is 0 Å². The number of rotatable bonds is 9. The molecular weight excluding hydrogens is 443 g/mol. The molecule has 11 heteroatoms. The molecular formula is C21H25FN2O7S. The summed E-state index contributed by atoms with van der Waals surface area (Å²) in [7, 11) is -0.931. The molecule has 0 bridgehead atoms. The summed E-state index contributed by atoms with van der Waals surface area (Å²) >= 11 is 0. The van der Waals surface area contributed by atoms with Crippen LogP contribution in [-0.4, -0.2) is 72.4 Å². The van der Waals surface area contributed by atoms with Crippen molar-refractivity contribution >= 4 is 21.6 Å². The predicted octanol–water partition coefficient (Wildman–Crippen LogP) is 2.13. The quantitative estimate of drug-likeness (QED) is 0.563. The smallest absolute Gasteiger partial charge is 0.259 e. The van der Waals surface area contributed by atoms with Crippen LogP contribution in [0.25, 0.3) is 0 Å². The molecule has 1 heterocycles. The van der Waals surface area contributed by atoms with E-state index in [0.717, 1.165) is 6.07 Å². The minimum atomic E-state index is -3.81. The van der Waals surface area contributed by atoms with Crippen LogP contribution < -0.4 is 14.8 Å². The van der Waals surface area contributed by atoms with Crippen LogP contribution in [0.1, 0.15) is 10.4 Å². The number of ether oxygens (including phenoxy) is 4. The first kappa shape index (κ1) is 23.9. The average molecular weight is 469 g/mol. The summed E-state index contributed by atoms with van der Waals surface area (Å²) in [5.74, 6) is -1.09. The number of nitrogens with zero attached hydrogens (tertiary/aromatic N) is 1. The Morgan fingerprint density at radius 3 is 2.47 bits per heavy atom. The highest BCUT2D eigenvalue weighted by Crippen LogP contribution is 2.27. The van der Waals surface area contributed by atoms with Crippen LogP contribution in [0.2, 0.25) is 0 Å². The maximum atomic E-state index is 14.3. The van der Waals surface area contributed by atoms with Gasteiger partial charge in [-0.15, -0.1) is 0 Å². The lowest BCUT2D eigenvalue weighted by molar-refractivity contribution is 0.0730. The highest BCUT2D eigenvalue weighted by atomic mass is 32.2. The van der Waals surface area contributed by atoms with E-state index in [-0.39, 0.29) is 47.3 Å². The van der Waals surface area contributed by atoms with Crippen LogP contribution in [0.3, 0.4) is 0 Å². The number of nitrogens with one attached hydrogen (secondary N) is 1. The largest absolute Gasteiger partial charge is 0.496 e. The zero-order chi connectivity index (χ0) is 23.1. The Morgan fingerprint density at radius 1 is 1.09 bits per heavy atom. The zero-order valence-corrected chi connectivity index (χ0v) is 18.6. The van der Waals surface area contributed by atoms with Crippen LogP contribution in [0.15, 0.2) is 41.3 Å². The van der Waals surface area contributed by atoms with Gasteiger partial charge in [0, 0.05) is 32.0 Å². The van der Waals surface area contributed by atoms with Crippen LogP contribution in [-0.2, 0) is 19.5 Å². The predicted molar refractivity (Wildman–Crippen MR) is 114 cm³/mol. The summed E-state index contributed by atoms with van der Waals surface area (Å²) in [6.45, 7) is 1.56. The van der Waals surface area contributed by atoms with Gasteiger partial charge in [0.05, 0.1) is 37.4 Å². The third-order valence-electron chi connectivity index (χ3n) is 4.76. The Balaban J connectivity index is 1.81. The molecule has 0 radical (unpaired) electrons. The van der Waals surface area contributed by atoms with E-state index in [1.807, 2.05) is 0 Å². The Bertz CT molecular complexity index is 1060. The minimum absolute atomic E-state index is 0.00247. The van der Waals surface area contributed by atoms with Crippen molar-refractivity contribution in [2.45, 2.75) is 4.90 Å². The van der Waals surface area contributed by atoms with Crippen LogP contribution in [0.5, 0.6) is 11.5 Å². The molecule has 0 spiro atoms. The fourth-order valence-electron chi connectivity index (χ4n) is 3.09. The van der Waals surface area contributed by atoms with Gasteiger partial charge in [-0.3, -0.25) is 4.79 Å². The lowest BCUT2D eigenvalue weighted by Gasteiger charge is -2.26. The van der Waals surface area contributed by atoms with Crippen molar-refractivity contribution in [3.05, 3.63) is 47.8 Å². The summed E-state index contributed by atoms with van der Waals surface area (Å²) in [4.78, 5) is 12.8. The number of morpholine rings is 1. The molecule has 0 atom stereocenters. The molecule has 2 aromatic rings. The molecule has 0 aliphatic carbocycles. The molecule has 0 saturated carbocycles. The average Bonchev–Trinajstić information content (AvgIpc) is 2.80. The van der Waals surface area contributed by atoms with Crippen molar-refractivity contribution in [1.82, 2.24) is 4.31 Å². The maximum Gasteiger partial charge on any atom is 0.259 e. The number of methoxy groups -OCH3 is 2. The van der Waals surface area contributed by atoms with Gasteiger partial charge >= 0.3 is 0 Å². The van der Waals surface area contributed by atoms with E-state index < -0.39 is 21.7 Å². The number of carbonyl (C=O) groups excluding carboxylic acids is 1. The zero-order valence-electron chi connectivity index (χ0n) is 17.8. The lowest BCUT2D eigenvalue weighted by Crippen LogP contribution is -2.40. The summed E-state index contributed by atoms with van der Waals surface area (Å²) < 4.78 is 62.0. The van der Waals surface area contributed by atoms with E-state index in [9.17, 15) is 17.6 Å². The van der Waals surface area contributed by atoms with Gasteiger partial charge < -0.3 is 24.3 Å². The van der Waals surface area contributed by atoms with Gasteiger partial charge in [0.25, 0.3) is 5.91 Å². The molecule has 3 rings (SSSR count). The number of benzene rings is 2. The topological polar surface area (TPSA) is 103 Å². The van der Waals surface area contributed by atoms with E-state index in [1.165, 1.54) is 48.9 Å². The van der Waals surface area contributed by atoms with Gasteiger partial charge in [-0.2, -0.15) is 4.31 Å². The molecule has 174 valence electrons. The first-order valence-electron chi connectivity index (χ1n) is 9.85. The van der Waals surface area contributed by atoms with Gasteiger partial charge in [0.15, 0.2) is 11.6 Å². The number of halogens is 1. The van der Waals surface area contributed by atoms with E-state index in [4.69, 9.17) is 18.9 Å². The minimum Gasteiger partial charge on any atom is -0.496 e. The second-order valence-electron chi connectivity index (χ2n) is 6.82. The molecule has 9 nitrogen and oxygen atoms in total. The SMILES string of the molecule is COCCOc1ccc(NC(=O)c2cc(S(=O)(=O)N3CCOCC3)ccc2OC)cc1F. The van der Waals surface area contributed by atoms with E-state index in [1.54, 1.807) is 0 Å². The second kappa shape index (κ2) is 10.7. The molecule has 0 aromatic heterocycles. The van der Waals surface area contributed by atoms with Gasteiger partial charge in [-0.1, -0.05) is 0 Å². The monoisotopic (exact) mass is 468 g/mol. The number of sulfonamides is 1. The molecule has 1 amide bonds. The molecule has 0 unspecified atom stereocenters. The molecule has 1 N–H and O–H groups in total. The first-order chi connectivity index (χ1) is 15.4. The first-order valence-corrected chi connectivity index (χ1v) is 11.3. The van der Waals surface area contributed by atoms with Crippen molar-refractivity contribution in [3.8, 4) is 11.5 Å². The third kappa shape index (κ3) is 5.54. The second-order valence-corrected chi connectivity index (χ2v) is 8.76. The van der Waals surface area contributed by atoms with Crippen LogP contribution in [0, 0.1) is 5.82 Å². The number of anilines is 1. The molecule has 2 aromatic carbocycles. The van der Waals surface area contributed by atoms with Crippen molar-refractivity contribution < 1.29 is 36.6 Å². The van der Waals surface area contributed by atoms with E-state index in [2.05, 4.69) is 5.32 Å². The molecule has 1 aliphatic rings. The number of hydrogen-bond donors (Lipinski definition) is 1. The number of hydrogen-bond acceptors (Lipinski definition) is 7. The van der Waals surface area contributed by atoms with E-state index in [0.29, 0.717) is 19.8 Å². The molecule has 1 saturated heterocycles. The summed E-state index contributed by atoms with van der Waals surface area (Å²) in [6, 6.07) is 8.02. The Labute approximate surface area is 186 Å². The normalized spacial score (nSPS) is 14.7. The summed E-state index contributed by atoms with van der Waals surface area (Å²) in [6.07, 6.45) is 0. The molecule has 1 fully saturated rings. The Morgan fingerprint density at radius 2 is 1.81 bits per heavy atom. The summed E-state index contributed by atoms with van der Waals surface area (Å²) in [5, 5.41) is 2.56. The van der Waals surface area contributed by atoms with Gasteiger partial charge in [0.2, 0.25) is 10.0 Å². The fourth-order valence-corrected chi connectivity index (χ4v) is 4.52. The van der Waals surface area contributed by atoms with Crippen LogP contribution in [0.4, 0.5) is 10.1 Å². The lowest BCUT2D eigenvalue weighted by atomic mass is 10.1. The summed E-state index contributed by atoms with van der Waals surface area (Å²) in [5.41, 5.74) is 0.178. The molecule has 32 heavy (non-hydrogen) atoms. The van der Waals surface area contributed by atoms with Crippen molar-refractivity contribution in [2.24, 2.45) is 0 Å². The molecule has 1 aliphatic heterocycles. The number of carbonyl (C=O) groups is 1. The highest BCUT2D eigenvalue weighted by Gasteiger charge is 2.28. The van der Waals surface area contributed by atoms with Gasteiger partial charge in [-0.25, -0.2) is 12.8 Å². The van der Waals surface area contributed by atoms with E-state index >= 15 is 0 Å². The Hall–Kier alpha value is -2.73. The van der Waals surface area contributed by atoms with Crippen molar-refractivity contribution in [3.63, 3.8) is 0 Å². The highest BCUT2D eigenvalue weighted by molar-refractivity contribution is 7.89. The third-order valence-corrected chi connectivity index (χ3v) is 6.65. The number of amides is 1. The van der Waals surface area contributed by atoms with Gasteiger partial charge in [-0.05, 0) is 30.3 Å². The fraction of sp³-hybridized carbons (Fsp3) is 0.381. The maximum absolute atomic E-state index is 14.3. The van der Waals surface area contributed by atoms with Gasteiger partial charge in [0.1, 0.15) is 12.4 Å².